The first-order valence-corrected chi connectivity index (χ1v) is 7.14. The van der Waals surface area contributed by atoms with Gasteiger partial charge in [0, 0.05) is 30.7 Å². The maximum atomic E-state index is 3.63. The Kier molecular flexibility index (Phi) is 4.11. The summed E-state index contributed by atoms with van der Waals surface area (Å²) in [6.07, 6.45) is 6.91. The molecule has 0 amide bonds. The Morgan fingerprint density at radius 2 is 1.88 bits per heavy atom. The molecule has 0 spiro atoms. The molecular weight excluding hydrogens is 210 g/mol. The summed E-state index contributed by atoms with van der Waals surface area (Å²) < 4.78 is 0. The molecule has 17 heavy (non-hydrogen) atoms. The summed E-state index contributed by atoms with van der Waals surface area (Å²) in [7, 11) is 6.75. The molecule has 3 nitrogen and oxygen atoms in total. The zero-order valence-electron chi connectivity index (χ0n) is 12.0. The molecule has 0 saturated heterocycles. The van der Waals surface area contributed by atoms with Gasteiger partial charge in [0.15, 0.2) is 0 Å². The van der Waals surface area contributed by atoms with E-state index in [1.807, 2.05) is 0 Å². The molecule has 0 heterocycles. The molecule has 1 N–H and O–H groups in total. The fraction of sp³-hybridized carbons (Fsp3) is 1.00. The topological polar surface area (TPSA) is 18.5 Å². The van der Waals surface area contributed by atoms with Crippen molar-refractivity contribution in [1.82, 2.24) is 15.1 Å². The van der Waals surface area contributed by atoms with Gasteiger partial charge in [0.05, 0.1) is 0 Å². The second-order valence-electron chi connectivity index (χ2n) is 6.42. The van der Waals surface area contributed by atoms with Gasteiger partial charge >= 0.3 is 0 Å². The molecule has 2 aliphatic rings. The average Bonchev–Trinajstić information content (AvgIpc) is 3.02. The van der Waals surface area contributed by atoms with E-state index >= 15 is 0 Å². The van der Waals surface area contributed by atoms with Crippen LogP contribution in [-0.4, -0.2) is 61.7 Å². The van der Waals surface area contributed by atoms with Crippen LogP contribution in [-0.2, 0) is 0 Å². The van der Waals surface area contributed by atoms with Crippen molar-refractivity contribution in [3.05, 3.63) is 0 Å². The molecule has 1 atom stereocenters. The van der Waals surface area contributed by atoms with Crippen LogP contribution < -0.4 is 5.32 Å². The van der Waals surface area contributed by atoms with Gasteiger partial charge < -0.3 is 15.1 Å². The normalized spacial score (nSPS) is 25.1. The fourth-order valence-corrected chi connectivity index (χ4v) is 2.73. The lowest BCUT2D eigenvalue weighted by atomic mass is 9.75. The SMILES string of the molecule is CC(CNC1CC1)N(C)CC1(N(C)C)CCC1. The van der Waals surface area contributed by atoms with Crippen LogP contribution in [0.2, 0.25) is 0 Å². The first kappa shape index (κ1) is 13.3. The minimum atomic E-state index is 0.461. The van der Waals surface area contributed by atoms with Gasteiger partial charge in [0.2, 0.25) is 0 Å². The van der Waals surface area contributed by atoms with Gasteiger partial charge in [-0.1, -0.05) is 0 Å². The molecule has 0 bridgehead atoms. The van der Waals surface area contributed by atoms with Gasteiger partial charge in [-0.15, -0.1) is 0 Å². The summed E-state index contributed by atoms with van der Waals surface area (Å²) >= 11 is 0. The van der Waals surface area contributed by atoms with Gasteiger partial charge in [0.25, 0.3) is 0 Å². The van der Waals surface area contributed by atoms with E-state index < -0.39 is 0 Å². The van der Waals surface area contributed by atoms with Crippen LogP contribution in [0.3, 0.4) is 0 Å². The van der Waals surface area contributed by atoms with Crippen molar-refractivity contribution in [3.8, 4) is 0 Å². The molecule has 3 heteroatoms. The molecule has 2 rings (SSSR count). The molecule has 100 valence electrons. The van der Waals surface area contributed by atoms with Crippen molar-refractivity contribution in [2.24, 2.45) is 0 Å². The first-order valence-electron chi connectivity index (χ1n) is 7.14. The minimum Gasteiger partial charge on any atom is -0.312 e. The van der Waals surface area contributed by atoms with Crippen molar-refractivity contribution in [2.45, 2.75) is 56.7 Å². The van der Waals surface area contributed by atoms with Gasteiger partial charge in [-0.05, 0) is 60.2 Å². The summed E-state index contributed by atoms with van der Waals surface area (Å²) in [6.45, 7) is 4.70. The number of nitrogens with one attached hydrogen (secondary N) is 1. The average molecular weight is 239 g/mol. The molecular formula is C14H29N3. The highest BCUT2D eigenvalue weighted by Crippen LogP contribution is 2.36. The highest BCUT2D eigenvalue weighted by atomic mass is 15.2. The minimum absolute atomic E-state index is 0.461. The van der Waals surface area contributed by atoms with Gasteiger partial charge in [-0.25, -0.2) is 0 Å². The van der Waals surface area contributed by atoms with Gasteiger partial charge in [0.1, 0.15) is 0 Å². The van der Waals surface area contributed by atoms with Crippen molar-refractivity contribution in [3.63, 3.8) is 0 Å². The Labute approximate surface area is 107 Å². The van der Waals surface area contributed by atoms with Crippen LogP contribution in [0.15, 0.2) is 0 Å². The Morgan fingerprint density at radius 1 is 1.24 bits per heavy atom. The van der Waals surface area contributed by atoms with E-state index in [2.05, 4.69) is 43.2 Å². The number of hydrogen-bond acceptors (Lipinski definition) is 3. The molecule has 0 aromatic carbocycles. The summed E-state index contributed by atoms with van der Waals surface area (Å²) in [5, 5.41) is 3.63. The van der Waals surface area contributed by atoms with E-state index in [1.54, 1.807) is 0 Å². The van der Waals surface area contributed by atoms with Crippen molar-refractivity contribution < 1.29 is 0 Å². The number of nitrogens with zero attached hydrogens (tertiary/aromatic N) is 2. The molecule has 2 aliphatic carbocycles. The highest BCUT2D eigenvalue weighted by molar-refractivity contribution is 4.98. The van der Waals surface area contributed by atoms with Gasteiger partial charge in [-0.3, -0.25) is 0 Å². The molecule has 0 aromatic rings. The summed E-state index contributed by atoms with van der Waals surface area (Å²) in [5.74, 6) is 0. The lowest BCUT2D eigenvalue weighted by Gasteiger charge is -2.50. The maximum absolute atomic E-state index is 3.63. The number of rotatable bonds is 7. The van der Waals surface area contributed by atoms with E-state index in [0.717, 1.165) is 12.6 Å². The number of likely N-dealkylation sites (N-methyl/N-ethyl adjacent to an activating group) is 2. The Morgan fingerprint density at radius 3 is 2.29 bits per heavy atom. The number of hydrogen-bond donors (Lipinski definition) is 1. The van der Waals surface area contributed by atoms with E-state index in [-0.39, 0.29) is 0 Å². The van der Waals surface area contributed by atoms with E-state index in [1.165, 1.54) is 38.6 Å². The van der Waals surface area contributed by atoms with Crippen LogP contribution in [0.25, 0.3) is 0 Å². The quantitative estimate of drug-likeness (QED) is 0.727. The predicted molar refractivity (Wildman–Crippen MR) is 73.4 cm³/mol. The standard InChI is InChI=1S/C14H29N3/c1-12(10-15-13-6-7-13)17(4)11-14(16(2)3)8-5-9-14/h12-13,15H,5-11H2,1-4H3. The van der Waals surface area contributed by atoms with Gasteiger partial charge in [-0.2, -0.15) is 0 Å². The largest absolute Gasteiger partial charge is 0.312 e. The van der Waals surface area contributed by atoms with E-state index in [4.69, 9.17) is 0 Å². The lowest BCUT2D eigenvalue weighted by molar-refractivity contribution is 0.0182. The van der Waals surface area contributed by atoms with Crippen LogP contribution in [0.1, 0.15) is 39.0 Å². The Bertz CT molecular complexity index is 244. The van der Waals surface area contributed by atoms with Crippen LogP contribution >= 0.6 is 0 Å². The van der Waals surface area contributed by atoms with Crippen LogP contribution in [0.5, 0.6) is 0 Å². The second-order valence-corrected chi connectivity index (χ2v) is 6.42. The lowest BCUT2D eigenvalue weighted by Crippen LogP contribution is -2.58. The third-order valence-corrected chi connectivity index (χ3v) is 4.81. The van der Waals surface area contributed by atoms with Crippen LogP contribution in [0.4, 0.5) is 0 Å². The Hall–Kier alpha value is -0.120. The summed E-state index contributed by atoms with van der Waals surface area (Å²) in [6, 6.07) is 1.48. The first-order chi connectivity index (χ1) is 8.03. The zero-order valence-corrected chi connectivity index (χ0v) is 12.0. The highest BCUT2D eigenvalue weighted by Gasteiger charge is 2.40. The summed E-state index contributed by atoms with van der Waals surface area (Å²) in [5.41, 5.74) is 0.461. The van der Waals surface area contributed by atoms with Crippen LogP contribution in [0, 0.1) is 0 Å². The van der Waals surface area contributed by atoms with E-state index in [0.29, 0.717) is 11.6 Å². The summed E-state index contributed by atoms with van der Waals surface area (Å²) in [4.78, 5) is 4.97. The third kappa shape index (κ3) is 3.21. The fourth-order valence-electron chi connectivity index (χ4n) is 2.73. The van der Waals surface area contributed by atoms with Crippen molar-refractivity contribution >= 4 is 0 Å². The Balaban J connectivity index is 1.75. The molecule has 0 radical (unpaired) electrons. The second kappa shape index (κ2) is 5.25. The molecule has 2 saturated carbocycles. The zero-order chi connectivity index (χ0) is 12.5. The third-order valence-electron chi connectivity index (χ3n) is 4.81. The molecule has 0 aromatic heterocycles. The molecule has 1 unspecified atom stereocenters. The molecule has 2 fully saturated rings. The van der Waals surface area contributed by atoms with Crippen molar-refractivity contribution in [1.29, 1.82) is 0 Å². The monoisotopic (exact) mass is 239 g/mol. The predicted octanol–water partition coefficient (Wildman–Crippen LogP) is 1.54. The smallest absolute Gasteiger partial charge is 0.0330 e. The maximum Gasteiger partial charge on any atom is 0.0330 e. The van der Waals surface area contributed by atoms with E-state index in [9.17, 15) is 0 Å². The van der Waals surface area contributed by atoms with Crippen molar-refractivity contribution in [2.75, 3.05) is 34.2 Å². The molecule has 0 aliphatic heterocycles.